The van der Waals surface area contributed by atoms with Crippen molar-refractivity contribution in [3.63, 3.8) is 0 Å². The molecule has 0 unspecified atom stereocenters. The molecule has 3 saturated carbocycles. The summed E-state index contributed by atoms with van der Waals surface area (Å²) in [4.78, 5) is 0. The molecule has 9 atom stereocenters. The highest BCUT2D eigenvalue weighted by atomic mass is 32.3. The predicted molar refractivity (Wildman–Crippen MR) is 148 cm³/mol. The summed E-state index contributed by atoms with van der Waals surface area (Å²) in [6.45, 7) is 8.39. The van der Waals surface area contributed by atoms with Gasteiger partial charge in [0, 0.05) is 0 Å². The standard InChI is InChI=1S/C27H46O12S3/c1-17(2)6-5-7-18(16-37-40(28,29)30)21-10-11-22-20-9-8-19-14-24(38-41(31,32)33)25(39-42(34,35)36)15-27(19,4)23(20)12-13-26(21,22)3/h8,17-18,20-25H,5-7,9-16H2,1-4H3,(H,28,29,30)(H,31,32,33)(H,34,35,36)/p-3/t18-,20-,21+,22-,23-,24-,25-,26+,27-/m0/s1. The Bertz CT molecular complexity index is 1340. The average molecular weight is 656 g/mol. The van der Waals surface area contributed by atoms with Gasteiger partial charge in [0.1, 0.15) is 12.2 Å². The lowest BCUT2D eigenvalue weighted by Gasteiger charge is -2.59. The molecule has 42 heavy (non-hydrogen) atoms. The molecule has 4 rings (SSSR count). The lowest BCUT2D eigenvalue weighted by Crippen LogP contribution is -2.54. The fourth-order valence-electron chi connectivity index (χ4n) is 9.32. The third-order valence-corrected chi connectivity index (χ3v) is 12.4. The van der Waals surface area contributed by atoms with Gasteiger partial charge in [-0.15, -0.1) is 0 Å². The summed E-state index contributed by atoms with van der Waals surface area (Å²) in [5, 5.41) is 0. The number of rotatable bonds is 12. The van der Waals surface area contributed by atoms with E-state index in [1.807, 2.05) is 13.0 Å². The topological polar surface area (TPSA) is 199 Å². The SMILES string of the molecule is CC(C)CCC[C@@H](COS(=O)(=O)[O-])[C@H]1CC[C@H]2[C@@H]3CC=C4C[C@H](OS(=O)(=O)[O-])[C@@H](OS(=O)(=O)[O-])C[C@]4(C)[C@H]3CC[C@]12C. The Morgan fingerprint density at radius 3 is 2.12 bits per heavy atom. The van der Waals surface area contributed by atoms with Gasteiger partial charge in [0.2, 0.25) is 31.2 Å². The molecule has 0 heterocycles. The average Bonchev–Trinajstić information content (AvgIpc) is 3.16. The normalized spacial score (nSPS) is 38.0. The van der Waals surface area contributed by atoms with Crippen molar-refractivity contribution < 1.29 is 51.5 Å². The van der Waals surface area contributed by atoms with Gasteiger partial charge in [-0.2, -0.15) is 0 Å². The maximum atomic E-state index is 11.5. The molecule has 0 aromatic rings. The van der Waals surface area contributed by atoms with Crippen molar-refractivity contribution in [3.8, 4) is 0 Å². The van der Waals surface area contributed by atoms with Crippen LogP contribution in [0, 0.1) is 46.3 Å². The first-order chi connectivity index (χ1) is 19.2. The molecular weight excluding hydrogens is 612 g/mol. The van der Waals surface area contributed by atoms with Crippen molar-refractivity contribution in [1.29, 1.82) is 0 Å². The van der Waals surface area contributed by atoms with Crippen LogP contribution in [-0.4, -0.2) is 57.7 Å². The molecule has 244 valence electrons. The third kappa shape index (κ3) is 7.76. The minimum absolute atomic E-state index is 0.0154. The Morgan fingerprint density at radius 1 is 0.881 bits per heavy atom. The maximum absolute atomic E-state index is 11.5. The summed E-state index contributed by atoms with van der Waals surface area (Å²) in [7, 11) is -15.2. The van der Waals surface area contributed by atoms with E-state index in [0.29, 0.717) is 12.3 Å². The highest BCUT2D eigenvalue weighted by molar-refractivity contribution is 7.81. The smallest absolute Gasteiger partial charge is 0.218 e. The van der Waals surface area contributed by atoms with Gasteiger partial charge in [-0.25, -0.2) is 25.3 Å². The van der Waals surface area contributed by atoms with E-state index in [4.69, 9.17) is 8.37 Å². The van der Waals surface area contributed by atoms with Crippen molar-refractivity contribution in [2.45, 2.75) is 104 Å². The fraction of sp³-hybridized carbons (Fsp3) is 0.926. The zero-order chi connectivity index (χ0) is 31.3. The van der Waals surface area contributed by atoms with E-state index in [0.717, 1.165) is 50.5 Å². The summed E-state index contributed by atoms with van der Waals surface area (Å²) in [5.41, 5.74) is 0.159. The summed E-state index contributed by atoms with van der Waals surface area (Å²) in [5.74, 6) is 1.19. The molecule has 0 bridgehead atoms. The number of hydrogen-bond acceptors (Lipinski definition) is 12. The van der Waals surface area contributed by atoms with Crippen LogP contribution in [-0.2, 0) is 43.7 Å². The summed E-state index contributed by atoms with van der Waals surface area (Å²) >= 11 is 0. The molecule has 4 aliphatic carbocycles. The molecule has 4 aliphatic rings. The number of hydrogen-bond donors (Lipinski definition) is 0. The van der Waals surface area contributed by atoms with Crippen LogP contribution in [0.3, 0.4) is 0 Å². The van der Waals surface area contributed by atoms with E-state index in [9.17, 15) is 38.9 Å². The molecule has 0 spiro atoms. The van der Waals surface area contributed by atoms with Crippen LogP contribution in [0.25, 0.3) is 0 Å². The summed E-state index contributed by atoms with van der Waals surface area (Å²) < 4.78 is 117. The van der Waals surface area contributed by atoms with E-state index in [2.05, 4.69) is 25.0 Å². The minimum atomic E-state index is -5.20. The molecule has 3 fully saturated rings. The van der Waals surface area contributed by atoms with Gasteiger partial charge in [0.05, 0.1) is 6.61 Å². The van der Waals surface area contributed by atoms with Gasteiger partial charge in [-0.3, -0.25) is 12.5 Å². The maximum Gasteiger partial charge on any atom is 0.218 e. The molecular formula is C27H43O12S3-3. The minimum Gasteiger partial charge on any atom is -0.726 e. The van der Waals surface area contributed by atoms with Crippen LogP contribution < -0.4 is 0 Å². The monoisotopic (exact) mass is 655 g/mol. The first-order valence-electron chi connectivity index (χ1n) is 14.8. The molecule has 0 amide bonds. The van der Waals surface area contributed by atoms with E-state index in [1.165, 1.54) is 0 Å². The molecule has 12 nitrogen and oxygen atoms in total. The predicted octanol–water partition coefficient (Wildman–Crippen LogP) is 3.79. The van der Waals surface area contributed by atoms with Crippen LogP contribution in [0.15, 0.2) is 11.6 Å². The van der Waals surface area contributed by atoms with Crippen LogP contribution in [0.2, 0.25) is 0 Å². The second-order valence-electron chi connectivity index (χ2n) is 13.8. The van der Waals surface area contributed by atoms with Crippen LogP contribution in [0.1, 0.15) is 91.9 Å². The Labute approximate surface area is 250 Å². The highest BCUT2D eigenvalue weighted by Gasteiger charge is 2.60. The molecule has 0 radical (unpaired) electrons. The lowest BCUT2D eigenvalue weighted by molar-refractivity contribution is -0.0819. The second kappa shape index (κ2) is 12.3. The first kappa shape index (κ1) is 34.2. The van der Waals surface area contributed by atoms with Gasteiger partial charge >= 0.3 is 0 Å². The number of fused-ring (bicyclic) bond motifs is 5. The molecule has 15 heteroatoms. The lowest BCUT2D eigenvalue weighted by atomic mass is 9.46. The molecule has 0 saturated heterocycles. The van der Waals surface area contributed by atoms with Crippen LogP contribution >= 0.6 is 0 Å². The highest BCUT2D eigenvalue weighted by Crippen LogP contribution is 2.67. The Hall–Kier alpha value is -0.650. The fourth-order valence-corrected chi connectivity index (χ4v) is 10.7. The summed E-state index contributed by atoms with van der Waals surface area (Å²) in [6.07, 6.45) is 5.98. The van der Waals surface area contributed by atoms with Crippen molar-refractivity contribution >= 4 is 31.2 Å². The van der Waals surface area contributed by atoms with E-state index in [-0.39, 0.29) is 54.5 Å². The van der Waals surface area contributed by atoms with Gasteiger partial charge in [0.25, 0.3) is 0 Å². The van der Waals surface area contributed by atoms with Gasteiger partial charge in [-0.1, -0.05) is 52.2 Å². The van der Waals surface area contributed by atoms with E-state index < -0.39 is 48.8 Å². The molecule has 0 aromatic heterocycles. The molecule has 0 aromatic carbocycles. The zero-order valence-corrected chi connectivity index (χ0v) is 27.0. The van der Waals surface area contributed by atoms with Crippen molar-refractivity contribution in [2.75, 3.05) is 6.61 Å². The Kier molecular flexibility index (Phi) is 10.0. The van der Waals surface area contributed by atoms with Crippen molar-refractivity contribution in [2.24, 2.45) is 46.3 Å². The van der Waals surface area contributed by atoms with Gasteiger partial charge < -0.3 is 13.7 Å². The Balaban J connectivity index is 1.59. The quantitative estimate of drug-likeness (QED) is 0.168. The summed E-state index contributed by atoms with van der Waals surface area (Å²) in [6, 6.07) is 0. The van der Waals surface area contributed by atoms with Gasteiger partial charge in [-0.05, 0) is 97.7 Å². The third-order valence-electron chi connectivity index (χ3n) is 11.0. The van der Waals surface area contributed by atoms with Crippen molar-refractivity contribution in [1.82, 2.24) is 0 Å². The molecule has 0 aliphatic heterocycles. The van der Waals surface area contributed by atoms with E-state index >= 15 is 0 Å². The largest absolute Gasteiger partial charge is 0.726 e. The van der Waals surface area contributed by atoms with Crippen LogP contribution in [0.4, 0.5) is 0 Å². The van der Waals surface area contributed by atoms with Crippen molar-refractivity contribution in [3.05, 3.63) is 11.6 Å². The second-order valence-corrected chi connectivity index (χ2v) is 16.8. The van der Waals surface area contributed by atoms with Crippen LogP contribution in [0.5, 0.6) is 0 Å². The Morgan fingerprint density at radius 2 is 1.52 bits per heavy atom. The van der Waals surface area contributed by atoms with Gasteiger partial charge in [0.15, 0.2) is 0 Å². The van der Waals surface area contributed by atoms with E-state index in [1.54, 1.807) is 0 Å². The zero-order valence-electron chi connectivity index (χ0n) is 24.6. The first-order valence-corrected chi connectivity index (χ1v) is 18.8. The molecule has 0 N–H and O–H groups in total. The number of allylic oxidation sites excluding steroid dienone is 1.